The average molecular weight is 316 g/mol. The van der Waals surface area contributed by atoms with Gasteiger partial charge in [0.15, 0.2) is 0 Å². The number of rotatable bonds is 7. The molecule has 0 amide bonds. The molecule has 1 aliphatic carbocycles. The average Bonchev–Trinajstić information content (AvgIpc) is 2.70. The molecule has 2 N–H and O–H groups in total. The van der Waals surface area contributed by atoms with Crippen LogP contribution in [0.3, 0.4) is 0 Å². The van der Waals surface area contributed by atoms with Crippen molar-refractivity contribution in [3.05, 3.63) is 16.5 Å². The lowest BCUT2D eigenvalue weighted by Gasteiger charge is -2.32. The summed E-state index contributed by atoms with van der Waals surface area (Å²) in [5.41, 5.74) is 1.06. The summed E-state index contributed by atoms with van der Waals surface area (Å²) in [5.74, 6) is 0.640. The van der Waals surface area contributed by atoms with Gasteiger partial charge in [0, 0.05) is 17.5 Å². The maximum atomic E-state index is 12.3. The van der Waals surface area contributed by atoms with Crippen LogP contribution in [-0.2, 0) is 16.6 Å². The van der Waals surface area contributed by atoms with E-state index in [4.69, 9.17) is 0 Å². The Morgan fingerprint density at radius 3 is 2.70 bits per heavy atom. The van der Waals surface area contributed by atoms with Crippen LogP contribution in [0.4, 0.5) is 0 Å². The molecule has 1 aliphatic rings. The van der Waals surface area contributed by atoms with Crippen LogP contribution >= 0.6 is 11.3 Å². The zero-order valence-corrected chi connectivity index (χ0v) is 14.0. The minimum Gasteiger partial charge on any atom is -0.312 e. The zero-order valence-electron chi connectivity index (χ0n) is 12.4. The molecular formula is C14H24N2O2S2. The molecule has 1 aromatic rings. The van der Waals surface area contributed by atoms with Crippen LogP contribution in [0, 0.1) is 12.8 Å². The molecule has 2 rings (SSSR count). The Kier molecular flexibility index (Phi) is 5.23. The van der Waals surface area contributed by atoms with E-state index in [-0.39, 0.29) is 6.04 Å². The van der Waals surface area contributed by atoms with Gasteiger partial charge in [-0.2, -0.15) is 0 Å². The van der Waals surface area contributed by atoms with Crippen LogP contribution in [-0.4, -0.2) is 21.0 Å². The molecular weight excluding hydrogens is 292 g/mol. The van der Waals surface area contributed by atoms with Crippen molar-refractivity contribution in [2.45, 2.75) is 56.8 Å². The molecule has 0 radical (unpaired) electrons. The molecule has 114 valence electrons. The van der Waals surface area contributed by atoms with Gasteiger partial charge in [-0.15, -0.1) is 11.3 Å². The van der Waals surface area contributed by atoms with E-state index in [0.29, 0.717) is 10.1 Å². The first-order valence-corrected chi connectivity index (χ1v) is 9.54. The maximum absolute atomic E-state index is 12.3. The zero-order chi connectivity index (χ0) is 14.8. The van der Waals surface area contributed by atoms with Crippen LogP contribution in [0.2, 0.25) is 0 Å². The molecule has 0 aromatic carbocycles. The Morgan fingerprint density at radius 1 is 1.40 bits per heavy atom. The van der Waals surface area contributed by atoms with Gasteiger partial charge in [0.05, 0.1) is 0 Å². The predicted molar refractivity (Wildman–Crippen MR) is 83.6 cm³/mol. The first kappa shape index (κ1) is 15.9. The van der Waals surface area contributed by atoms with Gasteiger partial charge in [-0.1, -0.05) is 13.8 Å². The molecule has 1 heterocycles. The van der Waals surface area contributed by atoms with E-state index in [0.717, 1.165) is 42.8 Å². The van der Waals surface area contributed by atoms with Crippen molar-refractivity contribution in [2.75, 3.05) is 6.54 Å². The fourth-order valence-electron chi connectivity index (χ4n) is 2.45. The molecule has 0 unspecified atom stereocenters. The molecule has 0 spiro atoms. The fraction of sp³-hybridized carbons (Fsp3) is 0.714. The minimum absolute atomic E-state index is 0.124. The number of aryl methyl sites for hydroxylation is 1. The molecule has 1 aromatic heterocycles. The second-order valence-corrected chi connectivity index (χ2v) is 8.82. The molecule has 6 heteroatoms. The van der Waals surface area contributed by atoms with Crippen LogP contribution in [0.25, 0.3) is 0 Å². The van der Waals surface area contributed by atoms with Gasteiger partial charge >= 0.3 is 0 Å². The normalized spacial score (nSPS) is 22.8. The highest BCUT2D eigenvalue weighted by Crippen LogP contribution is 2.30. The van der Waals surface area contributed by atoms with Gasteiger partial charge in [-0.25, -0.2) is 13.1 Å². The SMILES string of the molecule is CCCNCc1sc(S(=O)(=O)NC2CC(C)C2)cc1C. The summed E-state index contributed by atoms with van der Waals surface area (Å²) >= 11 is 1.38. The fourth-order valence-corrected chi connectivity index (χ4v) is 5.29. The van der Waals surface area contributed by atoms with E-state index in [1.165, 1.54) is 11.3 Å². The molecule has 1 saturated carbocycles. The number of nitrogens with one attached hydrogen (secondary N) is 2. The highest BCUT2D eigenvalue weighted by atomic mass is 32.2. The molecule has 0 aliphatic heterocycles. The lowest BCUT2D eigenvalue weighted by atomic mass is 9.83. The standard InChI is InChI=1S/C14H24N2O2S2/c1-4-5-15-9-13-11(3)8-14(19-13)20(17,18)16-12-6-10(2)7-12/h8,10,12,15-16H,4-7,9H2,1-3H3. The Hall–Kier alpha value is -0.430. The van der Waals surface area contributed by atoms with Crippen LogP contribution in [0.15, 0.2) is 10.3 Å². The smallest absolute Gasteiger partial charge is 0.250 e. The summed E-state index contributed by atoms with van der Waals surface area (Å²) in [6, 6.07) is 1.91. The van der Waals surface area contributed by atoms with Crippen LogP contribution in [0.5, 0.6) is 0 Å². The minimum atomic E-state index is -3.34. The van der Waals surface area contributed by atoms with Gasteiger partial charge in [0.1, 0.15) is 4.21 Å². The molecule has 0 bridgehead atoms. The topological polar surface area (TPSA) is 58.2 Å². The summed E-state index contributed by atoms with van der Waals surface area (Å²) < 4.78 is 27.9. The summed E-state index contributed by atoms with van der Waals surface area (Å²) in [4.78, 5) is 1.11. The highest BCUT2D eigenvalue weighted by Gasteiger charge is 2.30. The quantitative estimate of drug-likeness (QED) is 0.760. The van der Waals surface area contributed by atoms with Gasteiger partial charge in [0.25, 0.3) is 0 Å². The predicted octanol–water partition coefficient (Wildman–Crippen LogP) is 2.63. The Morgan fingerprint density at radius 2 is 2.10 bits per heavy atom. The van der Waals surface area contributed by atoms with Gasteiger partial charge in [-0.05, 0) is 50.3 Å². The van der Waals surface area contributed by atoms with E-state index in [9.17, 15) is 8.42 Å². The second-order valence-electron chi connectivity index (χ2n) is 5.74. The second kappa shape index (κ2) is 6.56. The van der Waals surface area contributed by atoms with Crippen molar-refractivity contribution in [2.24, 2.45) is 5.92 Å². The Labute approximate surface area is 126 Å². The van der Waals surface area contributed by atoms with Gasteiger partial charge in [-0.3, -0.25) is 0 Å². The lowest BCUT2D eigenvalue weighted by Crippen LogP contribution is -2.43. The number of hydrogen-bond donors (Lipinski definition) is 2. The largest absolute Gasteiger partial charge is 0.312 e. The number of hydrogen-bond acceptors (Lipinski definition) is 4. The van der Waals surface area contributed by atoms with Crippen molar-refractivity contribution in [1.82, 2.24) is 10.0 Å². The van der Waals surface area contributed by atoms with Crippen molar-refractivity contribution >= 4 is 21.4 Å². The molecule has 0 atom stereocenters. The van der Waals surface area contributed by atoms with E-state index in [2.05, 4.69) is 23.9 Å². The first-order chi connectivity index (χ1) is 9.42. The van der Waals surface area contributed by atoms with Crippen molar-refractivity contribution < 1.29 is 8.42 Å². The highest BCUT2D eigenvalue weighted by molar-refractivity contribution is 7.91. The van der Waals surface area contributed by atoms with E-state index < -0.39 is 10.0 Å². The third-order valence-electron chi connectivity index (χ3n) is 3.67. The molecule has 4 nitrogen and oxygen atoms in total. The van der Waals surface area contributed by atoms with Crippen molar-refractivity contribution in [1.29, 1.82) is 0 Å². The van der Waals surface area contributed by atoms with E-state index in [1.54, 1.807) is 6.07 Å². The Balaban J connectivity index is 2.02. The first-order valence-electron chi connectivity index (χ1n) is 7.24. The number of thiophene rings is 1. The Bertz CT molecular complexity index is 546. The maximum Gasteiger partial charge on any atom is 0.250 e. The van der Waals surface area contributed by atoms with Crippen molar-refractivity contribution in [3.63, 3.8) is 0 Å². The molecule has 0 saturated heterocycles. The van der Waals surface area contributed by atoms with E-state index in [1.807, 2.05) is 6.92 Å². The van der Waals surface area contributed by atoms with Crippen LogP contribution in [0.1, 0.15) is 43.6 Å². The van der Waals surface area contributed by atoms with Gasteiger partial charge < -0.3 is 5.32 Å². The molecule has 1 fully saturated rings. The molecule has 20 heavy (non-hydrogen) atoms. The summed E-state index contributed by atoms with van der Waals surface area (Å²) in [5, 5.41) is 3.32. The van der Waals surface area contributed by atoms with Crippen molar-refractivity contribution in [3.8, 4) is 0 Å². The van der Waals surface area contributed by atoms with Gasteiger partial charge in [0.2, 0.25) is 10.0 Å². The third-order valence-corrected chi connectivity index (χ3v) is 6.90. The van der Waals surface area contributed by atoms with E-state index >= 15 is 0 Å². The lowest BCUT2D eigenvalue weighted by molar-refractivity contribution is 0.270. The monoisotopic (exact) mass is 316 g/mol. The number of sulfonamides is 1. The van der Waals surface area contributed by atoms with Crippen LogP contribution < -0.4 is 10.0 Å². The third kappa shape index (κ3) is 3.81. The summed E-state index contributed by atoms with van der Waals surface area (Å²) in [7, 11) is -3.34. The summed E-state index contributed by atoms with van der Waals surface area (Å²) in [6.45, 7) is 7.95. The summed E-state index contributed by atoms with van der Waals surface area (Å²) in [6.07, 6.45) is 2.99.